The average molecular weight is 703 g/mol. The molecule has 0 aliphatic rings. The first-order chi connectivity index (χ1) is 27.3. The number of nitrogens with zero attached hydrogens (tertiary/aromatic N) is 4. The Morgan fingerprint density at radius 2 is 0.782 bits per heavy atom. The molecule has 55 heavy (non-hydrogen) atoms. The summed E-state index contributed by atoms with van der Waals surface area (Å²) in [4.78, 5) is 15.0. The summed E-state index contributed by atoms with van der Waals surface area (Å²) >= 11 is 0. The summed E-state index contributed by atoms with van der Waals surface area (Å²) in [7, 11) is 0. The first kappa shape index (κ1) is 32.2. The van der Waals surface area contributed by atoms with Crippen molar-refractivity contribution in [1.29, 1.82) is 0 Å². The van der Waals surface area contributed by atoms with Crippen LogP contribution in [0, 0.1) is 0 Å². The minimum absolute atomic E-state index is 0.628. The van der Waals surface area contributed by atoms with Gasteiger partial charge in [0.1, 0.15) is 0 Å². The van der Waals surface area contributed by atoms with Crippen LogP contribution in [0.25, 0.3) is 95.0 Å². The second kappa shape index (κ2) is 13.8. The van der Waals surface area contributed by atoms with Gasteiger partial charge in [-0.3, -0.25) is 0 Å². The Balaban J connectivity index is 1.18. The van der Waals surface area contributed by atoms with E-state index in [1.165, 1.54) is 21.9 Å². The van der Waals surface area contributed by atoms with Crippen molar-refractivity contribution in [2.45, 2.75) is 0 Å². The number of para-hydroxylation sites is 1. The van der Waals surface area contributed by atoms with Gasteiger partial charge in [0.2, 0.25) is 0 Å². The minimum Gasteiger partial charge on any atom is -0.309 e. The van der Waals surface area contributed by atoms with E-state index in [0.29, 0.717) is 17.5 Å². The van der Waals surface area contributed by atoms with Crippen LogP contribution < -0.4 is 0 Å². The monoisotopic (exact) mass is 702 g/mol. The second-order valence-electron chi connectivity index (χ2n) is 13.6. The molecule has 0 aliphatic carbocycles. The third kappa shape index (κ3) is 5.96. The molecule has 0 amide bonds. The van der Waals surface area contributed by atoms with E-state index in [0.717, 1.165) is 55.7 Å². The van der Waals surface area contributed by atoms with Crippen LogP contribution in [-0.4, -0.2) is 19.5 Å². The predicted molar refractivity (Wildman–Crippen MR) is 227 cm³/mol. The summed E-state index contributed by atoms with van der Waals surface area (Å²) < 4.78 is 2.43. The molecule has 0 atom stereocenters. The molecule has 0 spiro atoms. The second-order valence-corrected chi connectivity index (χ2v) is 13.6. The van der Waals surface area contributed by atoms with E-state index in [9.17, 15) is 0 Å². The number of aromatic nitrogens is 4. The van der Waals surface area contributed by atoms with Gasteiger partial charge in [0.05, 0.1) is 16.7 Å². The zero-order valence-corrected chi connectivity index (χ0v) is 29.9. The van der Waals surface area contributed by atoms with E-state index in [1.54, 1.807) is 0 Å². The first-order valence-electron chi connectivity index (χ1n) is 18.5. The van der Waals surface area contributed by atoms with Gasteiger partial charge in [-0.25, -0.2) is 15.0 Å². The lowest BCUT2D eigenvalue weighted by atomic mass is 9.92. The lowest BCUT2D eigenvalue weighted by molar-refractivity contribution is 1.07. The van der Waals surface area contributed by atoms with Crippen molar-refractivity contribution >= 4 is 21.8 Å². The smallest absolute Gasteiger partial charge is 0.164 e. The standard InChI is InChI=1S/C51H34N4/c1-5-17-35(18-6-1)39-31-32-46-44(34-39)43-27-13-14-29-45(43)55(46)47-30-16-28-42(48(47)36-19-7-2-8-20-36)40-25-15-26-41(33-40)51-53-49(37-21-9-3-10-22-37)52-50(54-51)38-23-11-4-12-24-38/h1-34H. The minimum atomic E-state index is 0.628. The number of hydrogen-bond acceptors (Lipinski definition) is 3. The lowest BCUT2D eigenvalue weighted by Crippen LogP contribution is -2.01. The fourth-order valence-corrected chi connectivity index (χ4v) is 7.68. The van der Waals surface area contributed by atoms with Crippen molar-refractivity contribution in [3.8, 4) is 73.2 Å². The highest BCUT2D eigenvalue weighted by molar-refractivity contribution is 6.11. The van der Waals surface area contributed by atoms with Crippen LogP contribution in [-0.2, 0) is 0 Å². The topological polar surface area (TPSA) is 43.6 Å². The highest BCUT2D eigenvalue weighted by Gasteiger charge is 2.20. The molecule has 0 bridgehead atoms. The van der Waals surface area contributed by atoms with Gasteiger partial charge in [0.15, 0.2) is 17.5 Å². The summed E-state index contributed by atoms with van der Waals surface area (Å²) in [5.74, 6) is 1.91. The number of hydrogen-bond donors (Lipinski definition) is 0. The van der Waals surface area contributed by atoms with Gasteiger partial charge in [-0.1, -0.05) is 176 Å². The van der Waals surface area contributed by atoms with Crippen LogP contribution in [0.15, 0.2) is 206 Å². The Morgan fingerprint density at radius 3 is 1.44 bits per heavy atom. The van der Waals surface area contributed by atoms with Crippen molar-refractivity contribution in [2.75, 3.05) is 0 Å². The molecule has 0 saturated heterocycles. The van der Waals surface area contributed by atoms with Crippen molar-refractivity contribution in [2.24, 2.45) is 0 Å². The third-order valence-electron chi connectivity index (χ3n) is 10.3. The zero-order valence-electron chi connectivity index (χ0n) is 29.9. The van der Waals surface area contributed by atoms with Gasteiger partial charge in [-0.15, -0.1) is 0 Å². The number of rotatable bonds is 7. The molecule has 10 aromatic rings. The zero-order chi connectivity index (χ0) is 36.6. The van der Waals surface area contributed by atoms with Gasteiger partial charge >= 0.3 is 0 Å². The number of fused-ring (bicyclic) bond motifs is 3. The molecule has 0 N–H and O–H groups in total. The molecular weight excluding hydrogens is 669 g/mol. The predicted octanol–water partition coefficient (Wildman–Crippen LogP) is 13.0. The van der Waals surface area contributed by atoms with Crippen molar-refractivity contribution in [3.63, 3.8) is 0 Å². The molecule has 0 aliphatic heterocycles. The maximum atomic E-state index is 5.04. The molecule has 0 fully saturated rings. The van der Waals surface area contributed by atoms with E-state index in [-0.39, 0.29) is 0 Å². The molecule has 258 valence electrons. The van der Waals surface area contributed by atoms with Gasteiger partial charge in [0, 0.05) is 33.0 Å². The summed E-state index contributed by atoms with van der Waals surface area (Å²) in [6, 6.07) is 72.4. The molecule has 4 nitrogen and oxygen atoms in total. The quantitative estimate of drug-likeness (QED) is 0.166. The molecule has 0 unspecified atom stereocenters. The highest BCUT2D eigenvalue weighted by Crippen LogP contribution is 2.42. The fourth-order valence-electron chi connectivity index (χ4n) is 7.68. The van der Waals surface area contributed by atoms with E-state index >= 15 is 0 Å². The van der Waals surface area contributed by atoms with E-state index in [4.69, 9.17) is 15.0 Å². The van der Waals surface area contributed by atoms with Crippen molar-refractivity contribution < 1.29 is 0 Å². The van der Waals surface area contributed by atoms with Crippen molar-refractivity contribution in [1.82, 2.24) is 19.5 Å². The van der Waals surface area contributed by atoms with E-state index in [1.807, 2.05) is 60.7 Å². The molecule has 0 radical (unpaired) electrons. The van der Waals surface area contributed by atoms with Gasteiger partial charge < -0.3 is 4.57 Å². The van der Waals surface area contributed by atoms with Crippen LogP contribution in [0.1, 0.15) is 0 Å². The molecule has 2 aromatic heterocycles. The Bertz CT molecular complexity index is 2900. The Labute approximate surface area is 319 Å². The van der Waals surface area contributed by atoms with Crippen LogP contribution in [0.5, 0.6) is 0 Å². The van der Waals surface area contributed by atoms with Crippen molar-refractivity contribution in [3.05, 3.63) is 206 Å². The Morgan fingerprint density at radius 1 is 0.291 bits per heavy atom. The van der Waals surface area contributed by atoms with Crippen LogP contribution >= 0.6 is 0 Å². The molecule has 4 heteroatoms. The molecule has 2 heterocycles. The first-order valence-corrected chi connectivity index (χ1v) is 18.5. The van der Waals surface area contributed by atoms with Gasteiger partial charge in [-0.05, 0) is 58.1 Å². The Kier molecular flexibility index (Phi) is 8.12. The molecule has 8 aromatic carbocycles. The van der Waals surface area contributed by atoms with Crippen LogP contribution in [0.3, 0.4) is 0 Å². The van der Waals surface area contributed by atoms with Crippen LogP contribution in [0.4, 0.5) is 0 Å². The SMILES string of the molecule is c1ccc(-c2ccc3c(c2)c2ccccc2n3-c2cccc(-c3cccc(-c4nc(-c5ccccc5)nc(-c5ccccc5)n4)c3)c2-c2ccccc2)cc1. The molecule has 0 saturated carbocycles. The van der Waals surface area contributed by atoms with Gasteiger partial charge in [-0.2, -0.15) is 0 Å². The maximum absolute atomic E-state index is 5.04. The molecular formula is C51H34N4. The summed E-state index contributed by atoms with van der Waals surface area (Å²) in [5.41, 5.74) is 13.2. The van der Waals surface area contributed by atoms with Gasteiger partial charge in [0.25, 0.3) is 0 Å². The van der Waals surface area contributed by atoms with E-state index < -0.39 is 0 Å². The highest BCUT2D eigenvalue weighted by atomic mass is 15.0. The lowest BCUT2D eigenvalue weighted by Gasteiger charge is -2.19. The third-order valence-corrected chi connectivity index (χ3v) is 10.3. The molecule has 10 rings (SSSR count). The summed E-state index contributed by atoms with van der Waals surface area (Å²) in [6.07, 6.45) is 0. The summed E-state index contributed by atoms with van der Waals surface area (Å²) in [5, 5.41) is 2.45. The summed E-state index contributed by atoms with van der Waals surface area (Å²) in [6.45, 7) is 0. The Hall–Kier alpha value is -7.43. The largest absolute Gasteiger partial charge is 0.309 e. The number of benzene rings is 8. The average Bonchev–Trinajstić information content (AvgIpc) is 3.61. The van der Waals surface area contributed by atoms with Crippen LogP contribution in [0.2, 0.25) is 0 Å². The fraction of sp³-hybridized carbons (Fsp3) is 0. The maximum Gasteiger partial charge on any atom is 0.164 e. The normalized spacial score (nSPS) is 11.3. The van der Waals surface area contributed by atoms with E-state index in [2.05, 4.69) is 150 Å².